The molecule has 7 heteroatoms. The molecule has 0 radical (unpaired) electrons. The van der Waals surface area contributed by atoms with Gasteiger partial charge >= 0.3 is 6.18 Å². The molecule has 2 aromatic rings. The van der Waals surface area contributed by atoms with E-state index in [-0.39, 0.29) is 18.1 Å². The Kier molecular flexibility index (Phi) is 6.47. The van der Waals surface area contributed by atoms with Gasteiger partial charge in [0.2, 0.25) is 5.91 Å². The van der Waals surface area contributed by atoms with Gasteiger partial charge < -0.3 is 10.1 Å². The number of hydrogen-bond donors (Lipinski definition) is 1. The maximum absolute atomic E-state index is 12.5. The lowest BCUT2D eigenvalue weighted by Crippen LogP contribution is -2.22. The van der Waals surface area contributed by atoms with Crippen molar-refractivity contribution in [3.05, 3.63) is 59.2 Å². The number of benzene rings is 2. The molecule has 0 saturated heterocycles. The number of ether oxygens (including phenoxy) is 1. The largest absolute Gasteiger partial charge is 0.484 e. The van der Waals surface area contributed by atoms with Gasteiger partial charge in [-0.25, -0.2) is 0 Å². The summed E-state index contributed by atoms with van der Waals surface area (Å²) in [6, 6.07) is 12.1. The summed E-state index contributed by atoms with van der Waals surface area (Å²) in [7, 11) is 0. The number of nitrogens with one attached hydrogen (secondary N) is 1. The molecule has 0 saturated carbocycles. The average molecular weight is 406 g/mol. The van der Waals surface area contributed by atoms with Gasteiger partial charge in [0, 0.05) is 25.3 Å². The van der Waals surface area contributed by atoms with Crippen molar-refractivity contribution in [2.45, 2.75) is 39.5 Å². The van der Waals surface area contributed by atoms with E-state index in [9.17, 15) is 18.0 Å². The summed E-state index contributed by atoms with van der Waals surface area (Å²) >= 11 is 0. The summed E-state index contributed by atoms with van der Waals surface area (Å²) in [6.07, 6.45) is -4.34. The smallest absolute Gasteiger partial charge is 0.422 e. The van der Waals surface area contributed by atoms with Crippen LogP contribution in [0.4, 0.5) is 18.9 Å². The molecule has 1 aliphatic rings. The third-order valence-electron chi connectivity index (χ3n) is 4.61. The quantitative estimate of drug-likeness (QED) is 0.720. The van der Waals surface area contributed by atoms with Crippen molar-refractivity contribution >= 4 is 11.6 Å². The highest BCUT2D eigenvalue weighted by molar-refractivity contribution is 5.93. The molecule has 29 heavy (non-hydrogen) atoms. The van der Waals surface area contributed by atoms with Crippen LogP contribution in [0, 0.1) is 5.92 Å². The molecule has 0 fully saturated rings. The summed E-state index contributed by atoms with van der Waals surface area (Å²) in [4.78, 5) is 14.9. The molecular weight excluding hydrogens is 381 g/mol. The van der Waals surface area contributed by atoms with Crippen LogP contribution in [0.5, 0.6) is 5.75 Å². The van der Waals surface area contributed by atoms with Crippen LogP contribution in [0.25, 0.3) is 0 Å². The van der Waals surface area contributed by atoms with Crippen molar-refractivity contribution in [1.82, 2.24) is 4.90 Å². The molecule has 1 N–H and O–H groups in total. The van der Waals surface area contributed by atoms with Crippen LogP contribution in [-0.4, -0.2) is 30.1 Å². The predicted octanol–water partition coefficient (Wildman–Crippen LogP) is 4.78. The lowest BCUT2D eigenvalue weighted by Gasteiger charge is -2.17. The van der Waals surface area contributed by atoms with E-state index in [0.717, 1.165) is 30.9 Å². The Morgan fingerprint density at radius 2 is 1.93 bits per heavy atom. The second kappa shape index (κ2) is 8.86. The first-order valence-electron chi connectivity index (χ1n) is 9.61. The van der Waals surface area contributed by atoms with Gasteiger partial charge in [0.15, 0.2) is 6.61 Å². The SMILES string of the molecule is CC(C)CN1Cc2cccc(NC(=O)Cc3cccc(OCC(F)(F)F)c3)c2C1. The van der Waals surface area contributed by atoms with Crippen LogP contribution in [0.3, 0.4) is 0 Å². The van der Waals surface area contributed by atoms with Crippen LogP contribution in [0.2, 0.25) is 0 Å². The number of alkyl halides is 3. The number of rotatable bonds is 7. The lowest BCUT2D eigenvalue weighted by molar-refractivity contribution is -0.153. The van der Waals surface area contributed by atoms with Gasteiger partial charge in [-0.15, -0.1) is 0 Å². The molecule has 3 rings (SSSR count). The van der Waals surface area contributed by atoms with Crippen molar-refractivity contribution < 1.29 is 22.7 Å². The summed E-state index contributed by atoms with van der Waals surface area (Å²) < 4.78 is 41.7. The van der Waals surface area contributed by atoms with E-state index < -0.39 is 12.8 Å². The van der Waals surface area contributed by atoms with Crippen LogP contribution < -0.4 is 10.1 Å². The second-order valence-electron chi connectivity index (χ2n) is 7.78. The van der Waals surface area contributed by atoms with Crippen molar-refractivity contribution in [2.75, 3.05) is 18.5 Å². The van der Waals surface area contributed by atoms with E-state index in [0.29, 0.717) is 11.5 Å². The molecule has 156 valence electrons. The van der Waals surface area contributed by atoms with Crippen LogP contribution in [0.1, 0.15) is 30.5 Å². The normalized spacial score (nSPS) is 14.1. The average Bonchev–Trinajstić information content (AvgIpc) is 3.02. The van der Waals surface area contributed by atoms with E-state index in [1.54, 1.807) is 12.1 Å². The Balaban J connectivity index is 1.62. The van der Waals surface area contributed by atoms with Crippen molar-refractivity contribution in [3.63, 3.8) is 0 Å². The number of halogens is 3. The Morgan fingerprint density at radius 1 is 1.17 bits per heavy atom. The number of fused-ring (bicyclic) bond motifs is 1. The number of nitrogens with zero attached hydrogens (tertiary/aromatic N) is 1. The van der Waals surface area contributed by atoms with Crippen LogP contribution in [0.15, 0.2) is 42.5 Å². The van der Waals surface area contributed by atoms with E-state index >= 15 is 0 Å². The lowest BCUT2D eigenvalue weighted by atomic mass is 10.1. The molecule has 1 amide bonds. The van der Waals surface area contributed by atoms with Crippen molar-refractivity contribution in [3.8, 4) is 5.75 Å². The topological polar surface area (TPSA) is 41.6 Å². The van der Waals surface area contributed by atoms with Gasteiger partial charge in [0.25, 0.3) is 0 Å². The van der Waals surface area contributed by atoms with Crippen LogP contribution >= 0.6 is 0 Å². The predicted molar refractivity (Wildman–Crippen MR) is 106 cm³/mol. The van der Waals surface area contributed by atoms with Gasteiger partial charge in [-0.05, 0) is 40.8 Å². The molecule has 0 bridgehead atoms. The number of hydrogen-bond acceptors (Lipinski definition) is 3. The highest BCUT2D eigenvalue weighted by Gasteiger charge is 2.28. The van der Waals surface area contributed by atoms with E-state index in [4.69, 9.17) is 4.74 Å². The highest BCUT2D eigenvalue weighted by Crippen LogP contribution is 2.30. The summed E-state index contributed by atoms with van der Waals surface area (Å²) in [5.74, 6) is 0.445. The molecule has 0 aromatic heterocycles. The number of amides is 1. The summed E-state index contributed by atoms with van der Waals surface area (Å²) in [5, 5.41) is 2.95. The molecule has 0 atom stereocenters. The fourth-order valence-electron chi connectivity index (χ4n) is 3.54. The minimum absolute atomic E-state index is 0.0581. The zero-order valence-electron chi connectivity index (χ0n) is 16.6. The third kappa shape index (κ3) is 6.22. The minimum Gasteiger partial charge on any atom is -0.484 e. The molecule has 0 unspecified atom stereocenters. The molecule has 0 aliphatic carbocycles. The molecular formula is C22H25F3N2O2. The van der Waals surface area contributed by atoms with Crippen molar-refractivity contribution in [2.24, 2.45) is 5.92 Å². The first-order chi connectivity index (χ1) is 13.7. The van der Waals surface area contributed by atoms with E-state index in [1.807, 2.05) is 12.1 Å². The van der Waals surface area contributed by atoms with Crippen LogP contribution in [-0.2, 0) is 24.3 Å². The number of carbonyl (C=O) groups is 1. The molecule has 0 spiro atoms. The Labute approximate surface area is 168 Å². The maximum Gasteiger partial charge on any atom is 0.422 e. The van der Waals surface area contributed by atoms with Gasteiger partial charge in [-0.1, -0.05) is 38.1 Å². The Bertz CT molecular complexity index is 865. The standard InChI is InChI=1S/C22H25F3N2O2/c1-15(2)11-27-12-17-6-4-8-20(19(17)13-27)26-21(28)10-16-5-3-7-18(9-16)29-14-22(23,24)25/h3-9,15H,10-14H2,1-2H3,(H,26,28). The number of anilines is 1. The molecule has 1 heterocycles. The van der Waals surface area contributed by atoms with Gasteiger partial charge in [-0.3, -0.25) is 9.69 Å². The van der Waals surface area contributed by atoms with Gasteiger partial charge in [-0.2, -0.15) is 13.2 Å². The maximum atomic E-state index is 12.5. The molecule has 4 nitrogen and oxygen atoms in total. The monoisotopic (exact) mass is 406 g/mol. The zero-order chi connectivity index (χ0) is 21.0. The molecule has 2 aromatic carbocycles. The van der Waals surface area contributed by atoms with Gasteiger partial charge in [0.05, 0.1) is 6.42 Å². The van der Waals surface area contributed by atoms with E-state index in [1.165, 1.54) is 17.7 Å². The summed E-state index contributed by atoms with van der Waals surface area (Å²) in [5.41, 5.74) is 3.73. The minimum atomic E-state index is -4.40. The first-order valence-corrected chi connectivity index (χ1v) is 9.61. The number of carbonyl (C=O) groups excluding carboxylic acids is 1. The summed E-state index contributed by atoms with van der Waals surface area (Å²) in [6.45, 7) is 5.66. The van der Waals surface area contributed by atoms with E-state index in [2.05, 4.69) is 30.1 Å². The fourth-order valence-corrected chi connectivity index (χ4v) is 3.54. The molecule has 1 aliphatic heterocycles. The Hall–Kier alpha value is -2.54. The van der Waals surface area contributed by atoms with Gasteiger partial charge in [0.1, 0.15) is 5.75 Å². The van der Waals surface area contributed by atoms with Crippen molar-refractivity contribution in [1.29, 1.82) is 0 Å². The third-order valence-corrected chi connectivity index (χ3v) is 4.61. The Morgan fingerprint density at radius 3 is 2.66 bits per heavy atom. The fraction of sp³-hybridized carbons (Fsp3) is 0.409. The highest BCUT2D eigenvalue weighted by atomic mass is 19.4. The first kappa shape index (κ1) is 21.2. The second-order valence-corrected chi connectivity index (χ2v) is 7.78. The zero-order valence-corrected chi connectivity index (χ0v) is 16.6.